The molecule has 0 aliphatic carbocycles. The predicted molar refractivity (Wildman–Crippen MR) is 88.5 cm³/mol. The molecule has 1 N–H and O–H groups in total. The zero-order valence-electron chi connectivity index (χ0n) is 13.5. The van der Waals surface area contributed by atoms with E-state index in [1.165, 1.54) is 44.6 Å². The van der Waals surface area contributed by atoms with E-state index in [9.17, 15) is 0 Å². The molecule has 116 valence electrons. The van der Waals surface area contributed by atoms with Crippen LogP contribution in [0.4, 0.5) is 0 Å². The van der Waals surface area contributed by atoms with Gasteiger partial charge in [0.15, 0.2) is 0 Å². The first kappa shape index (κ1) is 15.0. The third kappa shape index (κ3) is 3.85. The van der Waals surface area contributed by atoms with Crippen molar-refractivity contribution >= 4 is 0 Å². The maximum atomic E-state index is 3.67. The van der Waals surface area contributed by atoms with E-state index in [2.05, 4.69) is 59.4 Å². The lowest BCUT2D eigenvalue weighted by atomic mass is 9.79. The molecule has 0 saturated carbocycles. The van der Waals surface area contributed by atoms with Gasteiger partial charge in [-0.2, -0.15) is 0 Å². The maximum absolute atomic E-state index is 3.67. The largest absolute Gasteiger partial charge is 0.308 e. The zero-order valence-corrected chi connectivity index (χ0v) is 13.5. The van der Waals surface area contributed by atoms with Crippen molar-refractivity contribution in [3.8, 4) is 0 Å². The molecule has 0 amide bonds. The molecule has 1 unspecified atom stereocenters. The van der Waals surface area contributed by atoms with Crippen molar-refractivity contribution in [2.75, 3.05) is 46.3 Å². The van der Waals surface area contributed by atoms with Gasteiger partial charge in [0.05, 0.1) is 0 Å². The van der Waals surface area contributed by atoms with Crippen LogP contribution in [0.15, 0.2) is 30.3 Å². The third-order valence-corrected chi connectivity index (χ3v) is 5.26. The fourth-order valence-electron chi connectivity index (χ4n) is 3.72. The minimum atomic E-state index is 0.495. The summed E-state index contributed by atoms with van der Waals surface area (Å²) in [4.78, 5) is 5.14. The van der Waals surface area contributed by atoms with E-state index in [0.29, 0.717) is 11.5 Å². The van der Waals surface area contributed by atoms with Gasteiger partial charge in [0.2, 0.25) is 0 Å². The highest BCUT2D eigenvalue weighted by molar-refractivity contribution is 5.19. The number of piperazine rings is 1. The smallest absolute Gasteiger partial charge is 0.0449 e. The fourth-order valence-corrected chi connectivity index (χ4v) is 3.72. The van der Waals surface area contributed by atoms with Gasteiger partial charge in [-0.15, -0.1) is 0 Å². The molecule has 3 heteroatoms. The minimum Gasteiger partial charge on any atom is -0.308 e. The lowest BCUT2D eigenvalue weighted by molar-refractivity contribution is 0.0716. The van der Waals surface area contributed by atoms with Gasteiger partial charge >= 0.3 is 0 Å². The summed E-state index contributed by atoms with van der Waals surface area (Å²) in [6.45, 7) is 9.70. The molecule has 2 saturated heterocycles. The Balaban J connectivity index is 1.59. The Morgan fingerprint density at radius 2 is 1.86 bits per heavy atom. The Bertz CT molecular complexity index is 437. The first-order chi connectivity index (χ1) is 10.1. The van der Waals surface area contributed by atoms with Crippen LogP contribution in [-0.2, 0) is 0 Å². The first-order valence-corrected chi connectivity index (χ1v) is 8.34. The molecule has 0 bridgehead atoms. The van der Waals surface area contributed by atoms with Gasteiger partial charge in [0, 0.05) is 32.2 Å². The van der Waals surface area contributed by atoms with Crippen LogP contribution in [0.5, 0.6) is 0 Å². The first-order valence-electron chi connectivity index (χ1n) is 8.34. The van der Waals surface area contributed by atoms with Crippen LogP contribution in [0, 0.1) is 5.41 Å². The summed E-state index contributed by atoms with van der Waals surface area (Å²) in [6.07, 6.45) is 2.67. The molecule has 0 radical (unpaired) electrons. The van der Waals surface area contributed by atoms with Gasteiger partial charge < -0.3 is 10.2 Å². The molecular formula is C18H29N3. The van der Waals surface area contributed by atoms with Crippen molar-refractivity contribution in [3.63, 3.8) is 0 Å². The second-order valence-corrected chi connectivity index (χ2v) is 7.27. The molecule has 1 aromatic rings. The van der Waals surface area contributed by atoms with Gasteiger partial charge in [0.1, 0.15) is 0 Å². The lowest BCUT2D eigenvalue weighted by Crippen LogP contribution is -2.51. The van der Waals surface area contributed by atoms with E-state index in [4.69, 9.17) is 0 Å². The molecule has 1 aromatic carbocycles. The normalized spacial score (nSPS) is 27.6. The molecule has 21 heavy (non-hydrogen) atoms. The molecule has 0 spiro atoms. The number of hydrogen-bond acceptors (Lipinski definition) is 3. The van der Waals surface area contributed by atoms with E-state index in [-0.39, 0.29) is 0 Å². The number of nitrogens with one attached hydrogen (secondary N) is 1. The summed E-state index contributed by atoms with van der Waals surface area (Å²) in [7, 11) is 2.25. The molecule has 2 aliphatic heterocycles. The molecular weight excluding hydrogens is 258 g/mol. The average Bonchev–Trinajstić information content (AvgIpc) is 2.52. The molecule has 1 atom stereocenters. The predicted octanol–water partition coefficient (Wildman–Crippen LogP) is 2.36. The summed E-state index contributed by atoms with van der Waals surface area (Å²) in [6, 6.07) is 11.4. The number of nitrogens with zero attached hydrogens (tertiary/aromatic N) is 2. The topological polar surface area (TPSA) is 18.5 Å². The van der Waals surface area contributed by atoms with Crippen LogP contribution in [0.3, 0.4) is 0 Å². The van der Waals surface area contributed by atoms with Crippen LogP contribution >= 0.6 is 0 Å². The number of hydrogen-bond donors (Lipinski definition) is 1. The van der Waals surface area contributed by atoms with Crippen molar-refractivity contribution < 1.29 is 0 Å². The number of likely N-dealkylation sites (tertiary alicyclic amines) is 1. The maximum Gasteiger partial charge on any atom is 0.0449 e. The van der Waals surface area contributed by atoms with Crippen LogP contribution in [0.25, 0.3) is 0 Å². The second kappa shape index (κ2) is 6.47. The molecule has 0 aromatic heterocycles. The minimum absolute atomic E-state index is 0.495. The number of piperidine rings is 1. The Morgan fingerprint density at radius 1 is 1.14 bits per heavy atom. The van der Waals surface area contributed by atoms with E-state index in [0.717, 1.165) is 13.1 Å². The van der Waals surface area contributed by atoms with Gasteiger partial charge in [-0.1, -0.05) is 37.3 Å². The van der Waals surface area contributed by atoms with Crippen LogP contribution in [-0.4, -0.2) is 56.1 Å². The van der Waals surface area contributed by atoms with Crippen LogP contribution < -0.4 is 5.32 Å². The highest BCUT2D eigenvalue weighted by Crippen LogP contribution is 2.32. The molecule has 2 aliphatic rings. The van der Waals surface area contributed by atoms with Gasteiger partial charge in [-0.25, -0.2) is 0 Å². The van der Waals surface area contributed by atoms with E-state index in [1.807, 2.05) is 0 Å². The summed E-state index contributed by atoms with van der Waals surface area (Å²) in [5.74, 6) is 0. The van der Waals surface area contributed by atoms with Gasteiger partial charge in [-0.3, -0.25) is 4.90 Å². The van der Waals surface area contributed by atoms with E-state index in [1.54, 1.807) is 0 Å². The Kier molecular flexibility index (Phi) is 4.63. The highest BCUT2D eigenvalue weighted by atomic mass is 15.2. The standard InChI is InChI=1S/C18H29N3/c1-18(8-11-20(2)12-9-18)15-21-13-10-19-17(14-21)16-6-4-3-5-7-16/h3-7,17,19H,8-15H2,1-2H3. The van der Waals surface area contributed by atoms with Crippen molar-refractivity contribution in [2.24, 2.45) is 5.41 Å². The summed E-state index contributed by atoms with van der Waals surface area (Å²) >= 11 is 0. The highest BCUT2D eigenvalue weighted by Gasteiger charge is 2.32. The van der Waals surface area contributed by atoms with Gasteiger partial charge in [-0.05, 0) is 44.0 Å². The molecule has 2 heterocycles. The summed E-state index contributed by atoms with van der Waals surface area (Å²) < 4.78 is 0. The Morgan fingerprint density at radius 3 is 2.57 bits per heavy atom. The monoisotopic (exact) mass is 287 g/mol. The summed E-state index contributed by atoms with van der Waals surface area (Å²) in [5, 5.41) is 3.67. The van der Waals surface area contributed by atoms with Crippen molar-refractivity contribution in [2.45, 2.75) is 25.8 Å². The van der Waals surface area contributed by atoms with Crippen molar-refractivity contribution in [3.05, 3.63) is 35.9 Å². The van der Waals surface area contributed by atoms with Crippen LogP contribution in [0.2, 0.25) is 0 Å². The molecule has 2 fully saturated rings. The van der Waals surface area contributed by atoms with Crippen LogP contribution in [0.1, 0.15) is 31.4 Å². The Labute approximate surface area is 129 Å². The average molecular weight is 287 g/mol. The lowest BCUT2D eigenvalue weighted by Gasteiger charge is -2.43. The fraction of sp³-hybridized carbons (Fsp3) is 0.667. The summed E-state index contributed by atoms with van der Waals surface area (Å²) in [5.41, 5.74) is 1.93. The SMILES string of the molecule is CN1CCC(C)(CN2CCNC(c3ccccc3)C2)CC1. The van der Waals surface area contributed by atoms with Crippen molar-refractivity contribution in [1.82, 2.24) is 15.1 Å². The molecule has 3 nitrogen and oxygen atoms in total. The number of rotatable bonds is 3. The number of benzene rings is 1. The Hall–Kier alpha value is -0.900. The second-order valence-electron chi connectivity index (χ2n) is 7.27. The van der Waals surface area contributed by atoms with E-state index >= 15 is 0 Å². The quantitative estimate of drug-likeness (QED) is 0.921. The van der Waals surface area contributed by atoms with Crippen molar-refractivity contribution in [1.29, 1.82) is 0 Å². The zero-order chi connectivity index (χ0) is 14.7. The third-order valence-electron chi connectivity index (χ3n) is 5.26. The van der Waals surface area contributed by atoms with E-state index < -0.39 is 0 Å². The van der Waals surface area contributed by atoms with Gasteiger partial charge in [0.25, 0.3) is 0 Å². The molecule has 3 rings (SSSR count).